The molecule has 0 spiro atoms. The molecule has 1 aromatic rings. The summed E-state index contributed by atoms with van der Waals surface area (Å²) in [5.74, 6) is 0.953. The molecule has 0 unspecified atom stereocenters. The molecule has 2 nitrogen and oxygen atoms in total. The number of nitrogens with two attached hydrogens (primary N) is 1. The molecule has 0 bridgehead atoms. The fourth-order valence-corrected chi connectivity index (χ4v) is 1.59. The largest absolute Gasteiger partial charge is 0.494 e. The molecule has 0 radical (unpaired) electrons. The lowest BCUT2D eigenvalue weighted by molar-refractivity contribution is 0.307. The Morgan fingerprint density at radius 2 is 2.19 bits per heavy atom. The number of aryl methyl sites for hydroxylation is 1. The second-order valence-corrected chi connectivity index (χ2v) is 4.30. The van der Waals surface area contributed by atoms with E-state index in [-0.39, 0.29) is 0 Å². The molecular weight excluding hydrogens is 218 g/mol. The van der Waals surface area contributed by atoms with Crippen LogP contribution in [0.3, 0.4) is 0 Å². The zero-order valence-electron chi connectivity index (χ0n) is 9.74. The third kappa shape index (κ3) is 5.12. The normalized spacial score (nSPS) is 10.1. The van der Waals surface area contributed by atoms with Gasteiger partial charge in [-0.2, -0.15) is 0 Å². The number of unbranched alkanes of at least 4 members (excludes halogenated alkanes) is 1. The van der Waals surface area contributed by atoms with Gasteiger partial charge in [-0.15, -0.1) is 0 Å². The molecule has 0 aliphatic heterocycles. The Kier molecular flexibility index (Phi) is 5.86. The van der Waals surface area contributed by atoms with Crippen molar-refractivity contribution in [3.63, 3.8) is 0 Å². The monoisotopic (exact) mass is 237 g/mol. The van der Waals surface area contributed by atoms with Crippen LogP contribution < -0.4 is 10.5 Å². The number of thiocarbonyl (C=S) groups is 1. The van der Waals surface area contributed by atoms with Crippen LogP contribution in [-0.2, 0) is 6.42 Å². The van der Waals surface area contributed by atoms with Gasteiger partial charge in [-0.25, -0.2) is 0 Å². The van der Waals surface area contributed by atoms with Gasteiger partial charge in [0.05, 0.1) is 11.6 Å². The topological polar surface area (TPSA) is 35.2 Å². The summed E-state index contributed by atoms with van der Waals surface area (Å²) >= 11 is 4.81. The molecule has 16 heavy (non-hydrogen) atoms. The van der Waals surface area contributed by atoms with Gasteiger partial charge < -0.3 is 10.5 Å². The van der Waals surface area contributed by atoms with Gasteiger partial charge in [-0.3, -0.25) is 0 Å². The predicted molar refractivity (Wildman–Crippen MR) is 72.0 cm³/mol. The molecule has 1 aromatic carbocycles. The third-order valence-electron chi connectivity index (χ3n) is 2.39. The van der Waals surface area contributed by atoms with Crippen molar-refractivity contribution in [1.29, 1.82) is 0 Å². The average Bonchev–Trinajstić information content (AvgIpc) is 2.28. The molecule has 0 heterocycles. The van der Waals surface area contributed by atoms with Crippen LogP contribution in [-0.4, -0.2) is 11.6 Å². The van der Waals surface area contributed by atoms with Crippen LogP contribution in [0.5, 0.6) is 5.75 Å². The fraction of sp³-hybridized carbons (Fsp3) is 0.462. The van der Waals surface area contributed by atoms with Crippen molar-refractivity contribution >= 4 is 17.2 Å². The first kappa shape index (κ1) is 13.0. The van der Waals surface area contributed by atoms with Crippen molar-refractivity contribution in [3.8, 4) is 5.75 Å². The Morgan fingerprint density at radius 1 is 1.38 bits per heavy atom. The zero-order chi connectivity index (χ0) is 11.8. The van der Waals surface area contributed by atoms with Gasteiger partial charge in [-0.1, -0.05) is 31.3 Å². The molecule has 2 N–H and O–H groups in total. The molecule has 0 saturated carbocycles. The molecule has 88 valence electrons. The molecule has 0 aliphatic rings. The number of ether oxygens (including phenoxy) is 1. The summed E-state index contributed by atoms with van der Waals surface area (Å²) in [5, 5.41) is 0. The van der Waals surface area contributed by atoms with E-state index >= 15 is 0 Å². The van der Waals surface area contributed by atoms with E-state index in [9.17, 15) is 0 Å². The molecule has 0 atom stereocenters. The summed E-state index contributed by atoms with van der Waals surface area (Å²) < 4.78 is 5.65. The Bertz CT molecular complexity index is 338. The first-order valence-electron chi connectivity index (χ1n) is 5.72. The van der Waals surface area contributed by atoms with Gasteiger partial charge in [0.25, 0.3) is 0 Å². The highest BCUT2D eigenvalue weighted by Gasteiger charge is 1.96. The van der Waals surface area contributed by atoms with E-state index in [2.05, 4.69) is 19.1 Å². The van der Waals surface area contributed by atoms with E-state index in [1.54, 1.807) is 0 Å². The van der Waals surface area contributed by atoms with Crippen LogP contribution in [0.2, 0.25) is 0 Å². The van der Waals surface area contributed by atoms with Gasteiger partial charge >= 0.3 is 0 Å². The minimum Gasteiger partial charge on any atom is -0.494 e. The number of benzene rings is 1. The Labute approximate surface area is 103 Å². The van der Waals surface area contributed by atoms with E-state index in [1.165, 1.54) is 5.56 Å². The standard InChI is InChI=1S/C13H19NOS/c1-2-11-6-5-7-12(10-11)15-9-4-3-8-13(14)16/h5-7,10H,2-4,8-9H2,1H3,(H2,14,16). The molecule has 0 aromatic heterocycles. The van der Waals surface area contributed by atoms with Crippen molar-refractivity contribution in [1.82, 2.24) is 0 Å². The maximum atomic E-state index is 5.65. The number of hydrogen-bond acceptors (Lipinski definition) is 2. The summed E-state index contributed by atoms with van der Waals surface area (Å²) in [6.07, 6.45) is 3.85. The first-order valence-corrected chi connectivity index (χ1v) is 6.13. The summed E-state index contributed by atoms with van der Waals surface area (Å²) in [7, 11) is 0. The first-order chi connectivity index (χ1) is 7.72. The van der Waals surface area contributed by atoms with Gasteiger partial charge in [0.15, 0.2) is 0 Å². The SMILES string of the molecule is CCc1cccc(OCCCCC(N)=S)c1. The second kappa shape index (κ2) is 7.23. The number of rotatable bonds is 7. The average molecular weight is 237 g/mol. The summed E-state index contributed by atoms with van der Waals surface area (Å²) in [6, 6.07) is 8.23. The van der Waals surface area contributed by atoms with E-state index in [1.807, 2.05) is 12.1 Å². The lowest BCUT2D eigenvalue weighted by Crippen LogP contribution is -2.08. The quantitative estimate of drug-likeness (QED) is 0.584. The Hall–Kier alpha value is -1.09. The molecule has 3 heteroatoms. The summed E-state index contributed by atoms with van der Waals surface area (Å²) in [6.45, 7) is 2.87. The smallest absolute Gasteiger partial charge is 0.119 e. The predicted octanol–water partition coefficient (Wildman–Crippen LogP) is 3.08. The van der Waals surface area contributed by atoms with E-state index in [4.69, 9.17) is 22.7 Å². The van der Waals surface area contributed by atoms with Crippen LogP contribution in [0, 0.1) is 0 Å². The lowest BCUT2D eigenvalue weighted by atomic mass is 10.2. The minimum atomic E-state index is 0.591. The minimum absolute atomic E-state index is 0.591. The lowest BCUT2D eigenvalue weighted by Gasteiger charge is -2.07. The zero-order valence-corrected chi connectivity index (χ0v) is 10.6. The van der Waals surface area contributed by atoms with Crippen LogP contribution in [0.25, 0.3) is 0 Å². The third-order valence-corrected chi connectivity index (χ3v) is 2.60. The van der Waals surface area contributed by atoms with Crippen LogP contribution in [0.1, 0.15) is 31.7 Å². The highest BCUT2D eigenvalue weighted by Crippen LogP contribution is 2.14. The Morgan fingerprint density at radius 3 is 2.88 bits per heavy atom. The Balaban J connectivity index is 2.23. The fourth-order valence-electron chi connectivity index (χ4n) is 1.45. The van der Waals surface area contributed by atoms with Crippen LogP contribution >= 0.6 is 12.2 Å². The molecule has 0 aliphatic carbocycles. The van der Waals surface area contributed by atoms with Crippen molar-refractivity contribution in [2.75, 3.05) is 6.61 Å². The van der Waals surface area contributed by atoms with Crippen LogP contribution in [0.15, 0.2) is 24.3 Å². The maximum absolute atomic E-state index is 5.65. The van der Waals surface area contributed by atoms with Gasteiger partial charge in [0.2, 0.25) is 0 Å². The highest BCUT2D eigenvalue weighted by molar-refractivity contribution is 7.80. The van der Waals surface area contributed by atoms with Crippen molar-refractivity contribution in [3.05, 3.63) is 29.8 Å². The van der Waals surface area contributed by atoms with Gasteiger partial charge in [-0.05, 0) is 43.4 Å². The highest BCUT2D eigenvalue weighted by atomic mass is 32.1. The number of hydrogen-bond donors (Lipinski definition) is 1. The van der Waals surface area contributed by atoms with Gasteiger partial charge in [0.1, 0.15) is 5.75 Å². The molecule has 1 rings (SSSR count). The van der Waals surface area contributed by atoms with Crippen molar-refractivity contribution in [2.24, 2.45) is 5.73 Å². The molecular formula is C13H19NOS. The van der Waals surface area contributed by atoms with E-state index in [0.717, 1.165) is 38.0 Å². The van der Waals surface area contributed by atoms with E-state index < -0.39 is 0 Å². The molecule has 0 amide bonds. The van der Waals surface area contributed by atoms with Crippen molar-refractivity contribution in [2.45, 2.75) is 32.6 Å². The second-order valence-electron chi connectivity index (χ2n) is 3.77. The molecule has 0 fully saturated rings. The summed E-state index contributed by atoms with van der Waals surface area (Å²) in [4.78, 5) is 0.591. The van der Waals surface area contributed by atoms with Crippen LogP contribution in [0.4, 0.5) is 0 Å². The maximum Gasteiger partial charge on any atom is 0.119 e. The molecule has 0 saturated heterocycles. The van der Waals surface area contributed by atoms with E-state index in [0.29, 0.717) is 4.99 Å². The summed E-state index contributed by atoms with van der Waals surface area (Å²) in [5.41, 5.74) is 6.72. The van der Waals surface area contributed by atoms with Crippen molar-refractivity contribution < 1.29 is 4.74 Å². The van der Waals surface area contributed by atoms with Gasteiger partial charge in [0, 0.05) is 0 Å².